The van der Waals surface area contributed by atoms with E-state index in [1.165, 1.54) is 0 Å². The van der Waals surface area contributed by atoms with Gasteiger partial charge in [-0.2, -0.15) is 5.26 Å². The standard InChI is InChI=1S/C16H14N2O/c1-18(15-10-6-5-9-14(15)11-17)12-16(19)13-7-3-2-4-8-13/h2-10H,12H2,1H3. The van der Waals surface area contributed by atoms with Gasteiger partial charge in [-0.3, -0.25) is 4.79 Å². The largest absolute Gasteiger partial charge is 0.366 e. The molecule has 2 aromatic rings. The van der Waals surface area contributed by atoms with Crippen molar-refractivity contribution in [2.45, 2.75) is 0 Å². The summed E-state index contributed by atoms with van der Waals surface area (Å²) in [5.74, 6) is 0.0378. The average molecular weight is 250 g/mol. The number of nitriles is 1. The zero-order chi connectivity index (χ0) is 13.7. The molecule has 0 aliphatic heterocycles. The second-order valence-electron chi connectivity index (χ2n) is 4.27. The number of carbonyl (C=O) groups is 1. The third kappa shape index (κ3) is 2.99. The lowest BCUT2D eigenvalue weighted by Crippen LogP contribution is -2.26. The molecule has 0 atom stereocenters. The maximum Gasteiger partial charge on any atom is 0.182 e. The minimum Gasteiger partial charge on any atom is -0.366 e. The van der Waals surface area contributed by atoms with E-state index in [1.807, 2.05) is 43.4 Å². The number of Topliss-reactive ketones (excluding diaryl/α,β-unsaturated/α-hetero) is 1. The predicted molar refractivity (Wildman–Crippen MR) is 75.2 cm³/mol. The van der Waals surface area contributed by atoms with Crippen LogP contribution in [-0.4, -0.2) is 19.4 Å². The monoisotopic (exact) mass is 250 g/mol. The minimum absolute atomic E-state index is 0.0378. The van der Waals surface area contributed by atoms with Crippen molar-refractivity contribution in [1.29, 1.82) is 5.26 Å². The fraction of sp³-hybridized carbons (Fsp3) is 0.125. The summed E-state index contributed by atoms with van der Waals surface area (Å²) in [5.41, 5.74) is 2.03. The second kappa shape index (κ2) is 5.83. The van der Waals surface area contributed by atoms with Gasteiger partial charge in [0.05, 0.1) is 17.8 Å². The average Bonchev–Trinajstić information content (AvgIpc) is 2.48. The highest BCUT2D eigenvalue weighted by atomic mass is 16.1. The number of ketones is 1. The Bertz CT molecular complexity index is 614. The lowest BCUT2D eigenvalue weighted by molar-refractivity contribution is 0.100. The van der Waals surface area contributed by atoms with Gasteiger partial charge < -0.3 is 4.90 Å². The molecule has 0 saturated heterocycles. The summed E-state index contributed by atoms with van der Waals surface area (Å²) in [6.45, 7) is 0.253. The van der Waals surface area contributed by atoms with Crippen molar-refractivity contribution in [3.8, 4) is 6.07 Å². The molecule has 0 radical (unpaired) electrons. The van der Waals surface area contributed by atoms with E-state index in [0.29, 0.717) is 11.1 Å². The van der Waals surface area contributed by atoms with Gasteiger partial charge in [0.25, 0.3) is 0 Å². The van der Waals surface area contributed by atoms with E-state index in [4.69, 9.17) is 5.26 Å². The molecule has 0 N–H and O–H groups in total. The molecule has 94 valence electrons. The number of para-hydroxylation sites is 1. The van der Waals surface area contributed by atoms with Crippen LogP contribution in [0.2, 0.25) is 0 Å². The Morgan fingerprint density at radius 3 is 2.42 bits per heavy atom. The molecule has 0 unspecified atom stereocenters. The Kier molecular flexibility index (Phi) is 3.94. The van der Waals surface area contributed by atoms with Gasteiger partial charge in [0.15, 0.2) is 5.78 Å². The number of rotatable bonds is 4. The van der Waals surface area contributed by atoms with Crippen LogP contribution in [0, 0.1) is 11.3 Å². The second-order valence-corrected chi connectivity index (χ2v) is 4.27. The third-order valence-corrected chi connectivity index (χ3v) is 2.91. The van der Waals surface area contributed by atoms with Crippen molar-refractivity contribution in [2.24, 2.45) is 0 Å². The number of nitrogens with zero attached hydrogens (tertiary/aromatic N) is 2. The van der Waals surface area contributed by atoms with Gasteiger partial charge in [-0.1, -0.05) is 42.5 Å². The SMILES string of the molecule is CN(CC(=O)c1ccccc1)c1ccccc1C#N. The summed E-state index contributed by atoms with van der Waals surface area (Å²) in [7, 11) is 1.82. The number of likely N-dealkylation sites (N-methyl/N-ethyl adjacent to an activating group) is 1. The lowest BCUT2D eigenvalue weighted by Gasteiger charge is -2.19. The van der Waals surface area contributed by atoms with Crippen LogP contribution in [0.1, 0.15) is 15.9 Å². The van der Waals surface area contributed by atoms with Gasteiger partial charge in [-0.05, 0) is 12.1 Å². The van der Waals surface area contributed by atoms with Crippen LogP contribution < -0.4 is 4.90 Å². The van der Waals surface area contributed by atoms with Gasteiger partial charge in [-0.15, -0.1) is 0 Å². The van der Waals surface area contributed by atoms with Crippen LogP contribution in [0.4, 0.5) is 5.69 Å². The minimum atomic E-state index is 0.0378. The maximum atomic E-state index is 12.1. The van der Waals surface area contributed by atoms with E-state index < -0.39 is 0 Å². The van der Waals surface area contributed by atoms with Crippen molar-refractivity contribution in [2.75, 3.05) is 18.5 Å². The van der Waals surface area contributed by atoms with Crippen molar-refractivity contribution in [1.82, 2.24) is 0 Å². The molecule has 0 aliphatic carbocycles. The van der Waals surface area contributed by atoms with Crippen LogP contribution >= 0.6 is 0 Å². The van der Waals surface area contributed by atoms with Gasteiger partial charge in [-0.25, -0.2) is 0 Å². The lowest BCUT2D eigenvalue weighted by atomic mass is 10.1. The smallest absolute Gasteiger partial charge is 0.182 e. The first kappa shape index (κ1) is 12.8. The highest BCUT2D eigenvalue weighted by Crippen LogP contribution is 2.18. The highest BCUT2D eigenvalue weighted by molar-refractivity contribution is 5.99. The number of anilines is 1. The number of hydrogen-bond acceptors (Lipinski definition) is 3. The van der Waals surface area contributed by atoms with Crippen LogP contribution in [0.5, 0.6) is 0 Å². The van der Waals surface area contributed by atoms with E-state index in [9.17, 15) is 4.79 Å². The molecule has 0 aliphatic rings. The molecule has 0 spiro atoms. The zero-order valence-corrected chi connectivity index (χ0v) is 10.7. The van der Waals surface area contributed by atoms with Crippen LogP contribution in [0.3, 0.4) is 0 Å². The Hall–Kier alpha value is -2.60. The molecule has 0 aromatic heterocycles. The van der Waals surface area contributed by atoms with E-state index in [1.54, 1.807) is 23.1 Å². The third-order valence-electron chi connectivity index (χ3n) is 2.91. The van der Waals surface area contributed by atoms with E-state index in [0.717, 1.165) is 5.69 Å². The summed E-state index contributed by atoms with van der Waals surface area (Å²) in [5, 5.41) is 9.06. The summed E-state index contributed by atoms with van der Waals surface area (Å²) in [6.07, 6.45) is 0. The van der Waals surface area contributed by atoms with Gasteiger partial charge in [0.2, 0.25) is 0 Å². The molecule has 3 heteroatoms. The van der Waals surface area contributed by atoms with Crippen molar-refractivity contribution in [3.05, 3.63) is 65.7 Å². The molecule has 0 saturated carbocycles. The van der Waals surface area contributed by atoms with Gasteiger partial charge in [0.1, 0.15) is 6.07 Å². The molecule has 0 fully saturated rings. The molecule has 3 nitrogen and oxygen atoms in total. The first-order valence-corrected chi connectivity index (χ1v) is 6.01. The number of hydrogen-bond donors (Lipinski definition) is 0. The molecular formula is C16H14N2O. The quantitative estimate of drug-likeness (QED) is 0.784. The first-order chi connectivity index (χ1) is 9.22. The molecular weight excluding hydrogens is 236 g/mol. The van der Waals surface area contributed by atoms with E-state index >= 15 is 0 Å². The summed E-state index contributed by atoms with van der Waals surface area (Å²) in [6, 6.07) is 18.6. The number of benzene rings is 2. The van der Waals surface area contributed by atoms with Crippen molar-refractivity contribution >= 4 is 11.5 Å². The van der Waals surface area contributed by atoms with E-state index in [-0.39, 0.29) is 12.3 Å². The molecule has 0 heterocycles. The Balaban J connectivity index is 2.16. The Labute approximate surface area is 112 Å². The first-order valence-electron chi connectivity index (χ1n) is 6.01. The molecule has 2 aromatic carbocycles. The van der Waals surface area contributed by atoms with Crippen LogP contribution in [0.25, 0.3) is 0 Å². The maximum absolute atomic E-state index is 12.1. The molecule has 0 amide bonds. The van der Waals surface area contributed by atoms with Gasteiger partial charge in [0, 0.05) is 12.6 Å². The van der Waals surface area contributed by atoms with Gasteiger partial charge >= 0.3 is 0 Å². The summed E-state index contributed by atoms with van der Waals surface area (Å²) in [4.78, 5) is 13.9. The topological polar surface area (TPSA) is 44.1 Å². The van der Waals surface area contributed by atoms with Crippen LogP contribution in [0.15, 0.2) is 54.6 Å². The number of carbonyl (C=O) groups excluding carboxylic acids is 1. The van der Waals surface area contributed by atoms with Crippen molar-refractivity contribution in [3.63, 3.8) is 0 Å². The summed E-state index contributed by atoms with van der Waals surface area (Å²) < 4.78 is 0. The molecule has 2 rings (SSSR count). The highest BCUT2D eigenvalue weighted by Gasteiger charge is 2.12. The molecule has 19 heavy (non-hydrogen) atoms. The fourth-order valence-electron chi connectivity index (χ4n) is 1.92. The van der Waals surface area contributed by atoms with Crippen LogP contribution in [-0.2, 0) is 0 Å². The van der Waals surface area contributed by atoms with Crippen molar-refractivity contribution < 1.29 is 4.79 Å². The Morgan fingerprint density at radius 2 is 1.74 bits per heavy atom. The summed E-state index contributed by atoms with van der Waals surface area (Å²) >= 11 is 0. The predicted octanol–water partition coefficient (Wildman–Crippen LogP) is 2.88. The normalized spacial score (nSPS) is 9.68. The Morgan fingerprint density at radius 1 is 1.11 bits per heavy atom. The zero-order valence-electron chi connectivity index (χ0n) is 10.7. The molecule has 0 bridgehead atoms. The fourth-order valence-corrected chi connectivity index (χ4v) is 1.92. The van der Waals surface area contributed by atoms with E-state index in [2.05, 4.69) is 6.07 Å².